The Morgan fingerprint density at radius 1 is 1.02 bits per heavy atom. The van der Waals surface area contributed by atoms with E-state index in [1.807, 2.05) is 0 Å². The second kappa shape index (κ2) is 12.0. The van der Waals surface area contributed by atoms with E-state index in [4.69, 9.17) is 14.2 Å². The van der Waals surface area contributed by atoms with E-state index in [2.05, 4.69) is 20.0 Å². The van der Waals surface area contributed by atoms with Crippen LogP contribution in [0.4, 0.5) is 23.8 Å². The highest BCUT2D eigenvalue weighted by Crippen LogP contribution is 2.41. The Kier molecular flexibility index (Phi) is 8.59. The Morgan fingerprint density at radius 2 is 1.79 bits per heavy atom. The molecule has 0 bridgehead atoms. The van der Waals surface area contributed by atoms with E-state index in [9.17, 15) is 22.8 Å². The van der Waals surface area contributed by atoms with Crippen LogP contribution in [0.3, 0.4) is 0 Å². The number of esters is 1. The topological polar surface area (TPSA) is 114 Å². The van der Waals surface area contributed by atoms with Crippen LogP contribution in [-0.4, -0.2) is 52.3 Å². The molecule has 42 heavy (non-hydrogen) atoms. The van der Waals surface area contributed by atoms with Crippen LogP contribution in [0.5, 0.6) is 11.6 Å². The predicted molar refractivity (Wildman–Crippen MR) is 148 cm³/mol. The van der Waals surface area contributed by atoms with Crippen LogP contribution in [-0.2, 0) is 16.0 Å². The van der Waals surface area contributed by atoms with Crippen molar-refractivity contribution in [2.45, 2.75) is 46.2 Å². The molecule has 0 atom stereocenters. The Labute approximate surface area is 239 Å². The highest BCUT2D eigenvalue weighted by Gasteiger charge is 2.33. The van der Waals surface area contributed by atoms with Gasteiger partial charge in [0.2, 0.25) is 5.88 Å². The van der Waals surface area contributed by atoms with Crippen molar-refractivity contribution in [3.8, 4) is 22.8 Å². The first-order valence-corrected chi connectivity index (χ1v) is 12.8. The maximum Gasteiger partial charge on any atom is 0.573 e. The maximum absolute atomic E-state index is 13.5. The van der Waals surface area contributed by atoms with E-state index in [-0.39, 0.29) is 41.5 Å². The van der Waals surface area contributed by atoms with Gasteiger partial charge in [0, 0.05) is 41.0 Å². The first kappa shape index (κ1) is 30.2. The third-order valence-corrected chi connectivity index (χ3v) is 5.77. The maximum atomic E-state index is 13.5. The normalized spacial score (nSPS) is 11.7. The highest BCUT2D eigenvalue weighted by atomic mass is 19.4. The summed E-state index contributed by atoms with van der Waals surface area (Å²) in [4.78, 5) is 34.1. The summed E-state index contributed by atoms with van der Waals surface area (Å²) in [5, 5.41) is 2.84. The number of hydrogen-bond donors (Lipinski definition) is 1. The highest BCUT2D eigenvalue weighted by molar-refractivity contribution is 6.09. The molecule has 4 rings (SSSR count). The van der Waals surface area contributed by atoms with Gasteiger partial charge < -0.3 is 23.5 Å². The van der Waals surface area contributed by atoms with Crippen molar-refractivity contribution in [3.05, 3.63) is 66.1 Å². The number of anilines is 1. The van der Waals surface area contributed by atoms with Crippen molar-refractivity contribution in [1.29, 1.82) is 0 Å². The van der Waals surface area contributed by atoms with Crippen LogP contribution in [0.2, 0.25) is 0 Å². The molecule has 4 aromatic rings. The van der Waals surface area contributed by atoms with Crippen molar-refractivity contribution in [1.82, 2.24) is 14.5 Å². The lowest BCUT2D eigenvalue weighted by Crippen LogP contribution is -2.27. The number of alkyl halides is 3. The molecule has 0 aliphatic heterocycles. The number of ether oxygens (including phenoxy) is 4. The molecule has 3 heterocycles. The fraction of sp³-hybridized carbons (Fsp3) is 0.310. The predicted octanol–water partition coefficient (Wildman–Crippen LogP) is 6.58. The van der Waals surface area contributed by atoms with E-state index in [0.717, 1.165) is 6.07 Å². The summed E-state index contributed by atoms with van der Waals surface area (Å²) in [5.41, 5.74) is 0.963. The fourth-order valence-corrected chi connectivity index (χ4v) is 4.35. The largest absolute Gasteiger partial charge is 0.573 e. The lowest BCUT2D eigenvalue weighted by Gasteiger charge is -2.19. The zero-order valence-corrected chi connectivity index (χ0v) is 23.5. The van der Waals surface area contributed by atoms with Crippen LogP contribution in [0, 0.1) is 0 Å². The molecule has 0 aliphatic carbocycles. The van der Waals surface area contributed by atoms with Crippen LogP contribution in [0.15, 0.2) is 54.9 Å². The molecule has 10 nitrogen and oxygen atoms in total. The Bertz CT molecular complexity index is 1610. The number of aromatic nitrogens is 3. The molecule has 0 radical (unpaired) electrons. The monoisotopic (exact) mass is 586 g/mol. The van der Waals surface area contributed by atoms with Gasteiger partial charge in [-0.1, -0.05) is 0 Å². The number of halogens is 3. The van der Waals surface area contributed by atoms with Gasteiger partial charge in [-0.2, -0.15) is 0 Å². The van der Waals surface area contributed by atoms with Crippen LogP contribution >= 0.6 is 0 Å². The van der Waals surface area contributed by atoms with Crippen molar-refractivity contribution >= 4 is 28.8 Å². The molecule has 222 valence electrons. The number of amides is 1. The number of carbonyl (C=O) groups is 2. The first-order chi connectivity index (χ1) is 19.8. The molecule has 0 fully saturated rings. The zero-order chi connectivity index (χ0) is 30.7. The number of fused-ring (bicyclic) bond motifs is 1. The summed E-state index contributed by atoms with van der Waals surface area (Å²) >= 11 is 0. The van der Waals surface area contributed by atoms with Crippen molar-refractivity contribution in [2.75, 3.05) is 19.0 Å². The molecule has 0 saturated heterocycles. The molecule has 3 aromatic heterocycles. The summed E-state index contributed by atoms with van der Waals surface area (Å²) in [5.74, 6) is -0.837. The lowest BCUT2D eigenvalue weighted by molar-refractivity contribution is -0.274. The molecular formula is C29H29F3N4O6. The Balaban J connectivity index is 1.91. The second-order valence-corrected chi connectivity index (χ2v) is 9.99. The zero-order valence-electron chi connectivity index (χ0n) is 23.5. The number of methoxy groups -OCH3 is 1. The summed E-state index contributed by atoms with van der Waals surface area (Å²) in [6, 6.07) is 10.3. The standard InChI is InChI=1S/C29H29F3N4O6/c1-6-40-26(37)24-23(19-8-7-12-34-25(19)39-5)20-15-18(41-29(30,31)32)9-10-21(20)36(24)16-17-11-13-33-22(14-17)35-27(38)42-28(2,3)4/h7-15H,6,16H2,1-5H3,(H,33,35,38). The molecule has 0 saturated carbocycles. The van der Waals surface area contributed by atoms with E-state index >= 15 is 0 Å². The summed E-state index contributed by atoms with van der Waals surface area (Å²) < 4.78 is 61.3. The Hall–Kier alpha value is -4.81. The van der Waals surface area contributed by atoms with Gasteiger partial charge in [0.05, 0.1) is 13.7 Å². The van der Waals surface area contributed by atoms with Crippen LogP contribution in [0.25, 0.3) is 22.0 Å². The Morgan fingerprint density at radius 3 is 2.45 bits per heavy atom. The van der Waals surface area contributed by atoms with Crippen LogP contribution < -0.4 is 14.8 Å². The molecule has 1 amide bonds. The summed E-state index contributed by atoms with van der Waals surface area (Å²) in [7, 11) is 1.39. The van der Waals surface area contributed by atoms with E-state index in [1.54, 1.807) is 56.5 Å². The second-order valence-electron chi connectivity index (χ2n) is 9.99. The summed E-state index contributed by atoms with van der Waals surface area (Å²) in [6.45, 7) is 6.92. The minimum atomic E-state index is -4.93. The third kappa shape index (κ3) is 7.09. The lowest BCUT2D eigenvalue weighted by atomic mass is 10.0. The molecule has 0 spiro atoms. The quantitative estimate of drug-likeness (QED) is 0.231. The molecule has 1 N–H and O–H groups in total. The average molecular weight is 587 g/mol. The first-order valence-electron chi connectivity index (χ1n) is 12.8. The molecule has 0 unspecified atom stereocenters. The summed E-state index contributed by atoms with van der Waals surface area (Å²) in [6.07, 6.45) is -2.67. The average Bonchev–Trinajstić information content (AvgIpc) is 3.20. The van der Waals surface area contributed by atoms with Crippen molar-refractivity contribution in [3.63, 3.8) is 0 Å². The van der Waals surface area contributed by atoms with Gasteiger partial charge in [-0.3, -0.25) is 5.32 Å². The van der Waals surface area contributed by atoms with Gasteiger partial charge in [-0.25, -0.2) is 19.6 Å². The van der Waals surface area contributed by atoms with Gasteiger partial charge in [0.15, 0.2) is 0 Å². The van der Waals surface area contributed by atoms with E-state index < -0.39 is 29.8 Å². The third-order valence-electron chi connectivity index (χ3n) is 5.77. The number of hydrogen-bond acceptors (Lipinski definition) is 8. The minimum absolute atomic E-state index is 0.0472. The number of rotatable bonds is 8. The van der Waals surface area contributed by atoms with Crippen LogP contribution in [0.1, 0.15) is 43.7 Å². The van der Waals surface area contributed by atoms with Gasteiger partial charge >= 0.3 is 18.4 Å². The van der Waals surface area contributed by atoms with Crippen molar-refractivity contribution in [2.24, 2.45) is 0 Å². The SMILES string of the molecule is CCOC(=O)c1c(-c2cccnc2OC)c2cc(OC(F)(F)F)ccc2n1Cc1ccnc(NC(=O)OC(C)(C)C)c1. The molecular weight excluding hydrogens is 557 g/mol. The number of benzene rings is 1. The fourth-order valence-electron chi connectivity index (χ4n) is 4.35. The van der Waals surface area contributed by atoms with E-state index in [1.165, 1.54) is 31.6 Å². The minimum Gasteiger partial charge on any atom is -0.481 e. The van der Waals surface area contributed by atoms with Gasteiger partial charge in [-0.15, -0.1) is 13.2 Å². The molecule has 0 aliphatic rings. The molecule has 1 aromatic carbocycles. The van der Waals surface area contributed by atoms with E-state index in [0.29, 0.717) is 16.6 Å². The van der Waals surface area contributed by atoms with Crippen molar-refractivity contribution < 1.29 is 41.7 Å². The number of nitrogens with one attached hydrogen (secondary N) is 1. The number of carbonyl (C=O) groups excluding carboxylic acids is 2. The van der Waals surface area contributed by atoms with Gasteiger partial charge in [-0.05, 0) is 75.7 Å². The van der Waals surface area contributed by atoms with Gasteiger partial charge in [0.1, 0.15) is 22.9 Å². The number of nitrogens with zero attached hydrogens (tertiary/aromatic N) is 3. The molecule has 13 heteroatoms. The number of pyridine rings is 2. The van der Waals surface area contributed by atoms with Gasteiger partial charge in [0.25, 0.3) is 0 Å². The smallest absolute Gasteiger partial charge is 0.481 e.